The number of pyridine rings is 1. The van der Waals surface area contributed by atoms with Crippen LogP contribution in [0, 0.1) is 5.82 Å². The number of hydrogen-bond donors (Lipinski definition) is 2. The Morgan fingerprint density at radius 3 is 1.90 bits per heavy atom. The maximum atomic E-state index is 12.8. The summed E-state index contributed by atoms with van der Waals surface area (Å²) >= 11 is 0. The Kier molecular flexibility index (Phi) is 4.39. The maximum Gasteiger partial charge on any atom is 0.471 e. The second-order valence-electron chi connectivity index (χ2n) is 3.45. The number of aromatic nitrogens is 1. The van der Waals surface area contributed by atoms with Crippen LogP contribution in [-0.4, -0.2) is 29.2 Å². The number of halogens is 7. The lowest BCUT2D eigenvalue weighted by Gasteiger charge is -2.13. The molecule has 0 bridgehead atoms. The number of carbonyl (C=O) groups is 2. The summed E-state index contributed by atoms with van der Waals surface area (Å²) in [6.45, 7) is 0. The van der Waals surface area contributed by atoms with Crippen molar-refractivity contribution in [3.05, 3.63) is 18.1 Å². The summed E-state index contributed by atoms with van der Waals surface area (Å²) in [6, 6.07) is 0.266. The van der Waals surface area contributed by atoms with Crippen LogP contribution in [0.5, 0.6) is 0 Å². The normalized spacial score (nSPS) is 12.0. The zero-order valence-corrected chi connectivity index (χ0v) is 9.56. The molecule has 0 atom stereocenters. The van der Waals surface area contributed by atoms with E-state index in [9.17, 15) is 40.3 Å². The average Bonchev–Trinajstić information content (AvgIpc) is 2.29. The number of amides is 2. The van der Waals surface area contributed by atoms with Crippen LogP contribution in [0.15, 0.2) is 12.3 Å². The predicted molar refractivity (Wildman–Crippen MR) is 53.6 cm³/mol. The summed E-state index contributed by atoms with van der Waals surface area (Å²) in [5.41, 5.74) is -1.07. The van der Waals surface area contributed by atoms with E-state index in [1.165, 1.54) is 0 Å². The number of carbonyl (C=O) groups excluding carboxylic acids is 2. The van der Waals surface area contributed by atoms with Crippen molar-refractivity contribution in [1.29, 1.82) is 0 Å². The second-order valence-corrected chi connectivity index (χ2v) is 3.45. The van der Waals surface area contributed by atoms with E-state index in [1.807, 2.05) is 0 Å². The fourth-order valence-electron chi connectivity index (χ4n) is 1.01. The van der Waals surface area contributed by atoms with Crippen molar-refractivity contribution in [3.8, 4) is 0 Å². The van der Waals surface area contributed by atoms with Gasteiger partial charge in [-0.3, -0.25) is 9.59 Å². The first-order valence-corrected chi connectivity index (χ1v) is 4.83. The Balaban J connectivity index is 3.06. The van der Waals surface area contributed by atoms with E-state index in [4.69, 9.17) is 0 Å². The monoisotopic (exact) mass is 319 g/mol. The van der Waals surface area contributed by atoms with Gasteiger partial charge < -0.3 is 10.6 Å². The molecule has 0 spiro atoms. The molecule has 2 N–H and O–H groups in total. The first kappa shape index (κ1) is 16.7. The molecule has 0 fully saturated rings. The zero-order chi connectivity index (χ0) is 16.4. The molecule has 0 aliphatic carbocycles. The summed E-state index contributed by atoms with van der Waals surface area (Å²) in [6.07, 6.45) is -10.4. The molecule has 2 amide bonds. The third kappa shape index (κ3) is 4.57. The summed E-state index contributed by atoms with van der Waals surface area (Å²) < 4.78 is 85.0. The number of nitrogens with one attached hydrogen (secondary N) is 2. The predicted octanol–water partition coefficient (Wildman–Crippen LogP) is 2.22. The molecule has 1 rings (SSSR count). The topological polar surface area (TPSA) is 71.1 Å². The van der Waals surface area contributed by atoms with E-state index in [1.54, 1.807) is 0 Å². The minimum Gasteiger partial charge on any atom is -0.315 e. The van der Waals surface area contributed by atoms with E-state index in [0.717, 1.165) is 10.6 Å². The largest absolute Gasteiger partial charge is 0.471 e. The summed E-state index contributed by atoms with van der Waals surface area (Å²) in [5, 5.41) is 2.21. The van der Waals surface area contributed by atoms with Gasteiger partial charge in [0.2, 0.25) is 0 Å². The lowest BCUT2D eigenvalue weighted by Crippen LogP contribution is -2.33. The molecule has 1 aromatic heterocycles. The molecule has 0 saturated carbocycles. The Labute approximate surface area is 111 Å². The highest BCUT2D eigenvalue weighted by Gasteiger charge is 2.41. The molecule has 1 aromatic rings. The summed E-state index contributed by atoms with van der Waals surface area (Å²) in [7, 11) is 0. The fraction of sp³-hybridized carbons (Fsp3) is 0.222. The molecular weight excluding hydrogens is 315 g/mol. The molecule has 0 aliphatic rings. The average molecular weight is 319 g/mol. The molecule has 0 radical (unpaired) electrons. The fourth-order valence-corrected chi connectivity index (χ4v) is 1.01. The highest BCUT2D eigenvalue weighted by atomic mass is 19.4. The van der Waals surface area contributed by atoms with Crippen molar-refractivity contribution in [2.45, 2.75) is 12.4 Å². The number of rotatable bonds is 2. The van der Waals surface area contributed by atoms with Gasteiger partial charge in [-0.15, -0.1) is 0 Å². The Bertz CT molecular complexity index is 567. The molecule has 0 aliphatic heterocycles. The van der Waals surface area contributed by atoms with E-state index in [0.29, 0.717) is 6.20 Å². The molecule has 116 valence electrons. The van der Waals surface area contributed by atoms with Crippen molar-refractivity contribution in [1.82, 2.24) is 4.98 Å². The Morgan fingerprint density at radius 1 is 0.952 bits per heavy atom. The van der Waals surface area contributed by atoms with Crippen LogP contribution in [0.1, 0.15) is 0 Å². The molecule has 0 unspecified atom stereocenters. The van der Waals surface area contributed by atoms with Gasteiger partial charge in [0.1, 0.15) is 5.82 Å². The maximum absolute atomic E-state index is 12.8. The van der Waals surface area contributed by atoms with E-state index in [-0.39, 0.29) is 6.07 Å². The van der Waals surface area contributed by atoms with Crippen molar-refractivity contribution in [2.75, 3.05) is 10.6 Å². The first-order chi connectivity index (χ1) is 9.41. The molecule has 12 heteroatoms. The third-order valence-corrected chi connectivity index (χ3v) is 1.85. The zero-order valence-electron chi connectivity index (χ0n) is 9.56. The minimum atomic E-state index is -5.36. The number of hydrogen-bond acceptors (Lipinski definition) is 3. The van der Waals surface area contributed by atoms with E-state index >= 15 is 0 Å². The van der Waals surface area contributed by atoms with E-state index in [2.05, 4.69) is 4.98 Å². The molecule has 0 saturated heterocycles. The first-order valence-electron chi connectivity index (χ1n) is 4.83. The lowest BCUT2D eigenvalue weighted by atomic mass is 10.3. The van der Waals surface area contributed by atoms with Gasteiger partial charge in [-0.1, -0.05) is 0 Å². The van der Waals surface area contributed by atoms with Gasteiger partial charge in [-0.05, 0) is 0 Å². The Morgan fingerprint density at radius 2 is 1.43 bits per heavy atom. The van der Waals surface area contributed by atoms with Crippen LogP contribution in [0.25, 0.3) is 0 Å². The second kappa shape index (κ2) is 5.54. The number of anilines is 2. The van der Waals surface area contributed by atoms with Crippen LogP contribution >= 0.6 is 0 Å². The highest BCUT2D eigenvalue weighted by molar-refractivity contribution is 6.01. The van der Waals surface area contributed by atoms with Gasteiger partial charge in [-0.2, -0.15) is 26.3 Å². The van der Waals surface area contributed by atoms with Crippen LogP contribution < -0.4 is 10.6 Å². The van der Waals surface area contributed by atoms with Crippen LogP contribution in [0.3, 0.4) is 0 Å². The van der Waals surface area contributed by atoms with Crippen molar-refractivity contribution >= 4 is 23.3 Å². The van der Waals surface area contributed by atoms with Gasteiger partial charge in [-0.25, -0.2) is 9.37 Å². The molecule has 0 aromatic carbocycles. The highest BCUT2D eigenvalue weighted by Crippen LogP contribution is 2.25. The standard InChI is InChI=1S/C9H4F7N3O2/c10-3-1-4(18-6(20)8(11,12)13)5(17-2-3)19-7(21)9(14,15)16/h1-2H,(H,18,20)(H,17,19,21). The molecule has 21 heavy (non-hydrogen) atoms. The van der Waals surface area contributed by atoms with Gasteiger partial charge in [0.05, 0.1) is 11.9 Å². The van der Waals surface area contributed by atoms with Gasteiger partial charge in [0.15, 0.2) is 5.82 Å². The van der Waals surface area contributed by atoms with Crippen molar-refractivity contribution in [2.24, 2.45) is 0 Å². The SMILES string of the molecule is O=C(Nc1cc(F)cnc1NC(=O)C(F)(F)F)C(F)(F)F. The van der Waals surface area contributed by atoms with Crippen molar-refractivity contribution in [3.63, 3.8) is 0 Å². The van der Waals surface area contributed by atoms with Crippen LogP contribution in [-0.2, 0) is 9.59 Å². The summed E-state index contributed by atoms with van der Waals surface area (Å²) in [5.74, 6) is -7.45. The minimum absolute atomic E-state index is 0.266. The number of nitrogens with zero attached hydrogens (tertiary/aromatic N) is 1. The van der Waals surface area contributed by atoms with Gasteiger partial charge in [0.25, 0.3) is 0 Å². The van der Waals surface area contributed by atoms with Gasteiger partial charge >= 0.3 is 24.2 Å². The summed E-state index contributed by atoms with van der Waals surface area (Å²) in [4.78, 5) is 24.3. The van der Waals surface area contributed by atoms with Crippen LogP contribution in [0.4, 0.5) is 42.2 Å². The van der Waals surface area contributed by atoms with Crippen molar-refractivity contribution < 1.29 is 40.3 Å². The molecule has 1 heterocycles. The van der Waals surface area contributed by atoms with E-state index < -0.39 is 41.5 Å². The Hall–Kier alpha value is -2.40. The third-order valence-electron chi connectivity index (χ3n) is 1.85. The quantitative estimate of drug-likeness (QED) is 0.821. The van der Waals surface area contributed by atoms with Gasteiger partial charge in [0, 0.05) is 6.07 Å². The lowest BCUT2D eigenvalue weighted by molar-refractivity contribution is -0.167. The van der Waals surface area contributed by atoms with Crippen LogP contribution in [0.2, 0.25) is 0 Å². The molecular formula is C9H4F7N3O2. The molecule has 5 nitrogen and oxygen atoms in total. The number of alkyl halides is 6. The smallest absolute Gasteiger partial charge is 0.315 e.